The molecule has 0 saturated carbocycles. The van der Waals surface area contributed by atoms with E-state index in [9.17, 15) is 15.0 Å². The lowest BCUT2D eigenvalue weighted by atomic mass is 10.0. The number of hydrogen-bond acceptors (Lipinski definition) is 5. The maximum atomic E-state index is 13.4. The van der Waals surface area contributed by atoms with E-state index in [0.29, 0.717) is 24.5 Å². The van der Waals surface area contributed by atoms with Crippen LogP contribution in [0.2, 0.25) is 0 Å². The van der Waals surface area contributed by atoms with E-state index in [-0.39, 0.29) is 23.4 Å². The molecule has 2 aliphatic rings. The Kier molecular flexibility index (Phi) is 4.90. The van der Waals surface area contributed by atoms with Gasteiger partial charge in [0.2, 0.25) is 0 Å². The number of nitrogens with one attached hydrogen (secondary N) is 1. The summed E-state index contributed by atoms with van der Waals surface area (Å²) in [5.74, 6) is 1.03. The van der Waals surface area contributed by atoms with Crippen LogP contribution < -0.4 is 5.32 Å². The van der Waals surface area contributed by atoms with Crippen LogP contribution in [0.15, 0.2) is 83.6 Å². The zero-order chi connectivity index (χ0) is 22.2. The molecule has 3 aromatic rings. The van der Waals surface area contributed by atoms with Crippen LogP contribution in [0, 0.1) is 6.92 Å². The van der Waals surface area contributed by atoms with Gasteiger partial charge in [0.1, 0.15) is 29.1 Å². The molecule has 2 aliphatic heterocycles. The number of hydrogen-bond donors (Lipinski definition) is 3. The number of amides is 1. The number of aromatic hydroxyl groups is 2. The van der Waals surface area contributed by atoms with Gasteiger partial charge in [-0.15, -0.1) is 0 Å². The van der Waals surface area contributed by atoms with Crippen LogP contribution in [0.5, 0.6) is 11.5 Å². The second-order valence-corrected chi connectivity index (χ2v) is 8.16. The van der Waals surface area contributed by atoms with E-state index in [0.717, 1.165) is 22.4 Å². The molecule has 2 heterocycles. The molecule has 0 radical (unpaired) electrons. The Morgan fingerprint density at radius 2 is 1.50 bits per heavy atom. The molecule has 1 amide bonds. The number of benzene rings is 3. The van der Waals surface area contributed by atoms with Crippen LogP contribution in [-0.2, 0) is 11.2 Å². The Morgan fingerprint density at radius 3 is 2.12 bits per heavy atom. The van der Waals surface area contributed by atoms with Gasteiger partial charge in [-0.3, -0.25) is 9.69 Å². The van der Waals surface area contributed by atoms with Gasteiger partial charge in [0, 0.05) is 12.0 Å². The zero-order valence-corrected chi connectivity index (χ0v) is 17.6. The number of carbonyl (C=O) groups excluding carboxylic acids is 1. The van der Waals surface area contributed by atoms with E-state index in [4.69, 9.17) is 4.99 Å². The molecule has 3 aromatic carbocycles. The molecule has 1 atom stereocenters. The van der Waals surface area contributed by atoms with Crippen LogP contribution in [0.1, 0.15) is 22.3 Å². The number of aryl methyl sites for hydroxylation is 1. The monoisotopic (exact) mass is 425 g/mol. The molecule has 3 N–H and O–H groups in total. The molecule has 0 aromatic heterocycles. The lowest BCUT2D eigenvalue weighted by molar-refractivity contribution is -0.127. The second-order valence-electron chi connectivity index (χ2n) is 8.16. The molecule has 6 nitrogen and oxygen atoms in total. The first-order chi connectivity index (χ1) is 15.5. The molecule has 0 aliphatic carbocycles. The van der Waals surface area contributed by atoms with Crippen LogP contribution in [-0.4, -0.2) is 39.3 Å². The minimum atomic E-state index is -0.380. The number of aliphatic imine (C=N–C) groups is 1. The van der Waals surface area contributed by atoms with Gasteiger partial charge in [-0.25, -0.2) is 4.99 Å². The fraction of sp³-hybridized carbons (Fsp3) is 0.154. The SMILES string of the molecule is Cc1ccc(CC2NC3=C(c4ccc(O)cc4)N=C(c4ccc(O)cc4)CN3C2=O)cc1. The third kappa shape index (κ3) is 3.71. The second kappa shape index (κ2) is 7.89. The molecule has 1 unspecified atom stereocenters. The van der Waals surface area contributed by atoms with Gasteiger partial charge in [0.15, 0.2) is 0 Å². The van der Waals surface area contributed by atoms with E-state index in [1.54, 1.807) is 53.4 Å². The topological polar surface area (TPSA) is 85.2 Å². The Morgan fingerprint density at radius 1 is 0.906 bits per heavy atom. The molecule has 1 fully saturated rings. The Hall–Kier alpha value is -4.06. The Labute approximate surface area is 186 Å². The molecule has 160 valence electrons. The van der Waals surface area contributed by atoms with Gasteiger partial charge < -0.3 is 15.5 Å². The van der Waals surface area contributed by atoms with E-state index < -0.39 is 0 Å². The predicted molar refractivity (Wildman–Crippen MR) is 123 cm³/mol. The highest BCUT2D eigenvalue weighted by atomic mass is 16.3. The summed E-state index contributed by atoms with van der Waals surface area (Å²) in [5, 5.41) is 22.8. The summed E-state index contributed by atoms with van der Waals surface area (Å²) in [6.07, 6.45) is 0.580. The summed E-state index contributed by atoms with van der Waals surface area (Å²) >= 11 is 0. The van der Waals surface area contributed by atoms with Crippen molar-refractivity contribution in [2.75, 3.05) is 6.54 Å². The number of phenolic OH excluding ortho intramolecular Hbond substituents is 2. The Balaban J connectivity index is 1.53. The summed E-state index contributed by atoms with van der Waals surface area (Å²) in [5.41, 5.74) is 5.30. The van der Waals surface area contributed by atoms with Crippen LogP contribution in [0.4, 0.5) is 0 Å². The van der Waals surface area contributed by atoms with Crippen molar-refractivity contribution in [2.24, 2.45) is 4.99 Å². The Bertz CT molecular complexity index is 1230. The van der Waals surface area contributed by atoms with Crippen LogP contribution in [0.25, 0.3) is 5.70 Å². The van der Waals surface area contributed by atoms with Gasteiger partial charge in [-0.2, -0.15) is 0 Å². The number of nitrogens with zero attached hydrogens (tertiary/aromatic N) is 2. The third-order valence-electron chi connectivity index (χ3n) is 5.83. The zero-order valence-electron chi connectivity index (χ0n) is 17.6. The average molecular weight is 425 g/mol. The minimum absolute atomic E-state index is 0.00281. The number of fused-ring (bicyclic) bond motifs is 1. The molecule has 32 heavy (non-hydrogen) atoms. The lowest BCUT2D eigenvalue weighted by Crippen LogP contribution is -2.36. The highest BCUT2D eigenvalue weighted by Gasteiger charge is 2.40. The maximum absolute atomic E-state index is 13.4. The molecular formula is C26H23N3O3. The smallest absolute Gasteiger partial charge is 0.251 e. The van der Waals surface area contributed by atoms with Gasteiger partial charge in [-0.05, 0) is 66.6 Å². The fourth-order valence-corrected chi connectivity index (χ4v) is 4.06. The van der Waals surface area contributed by atoms with Crippen molar-refractivity contribution in [3.8, 4) is 11.5 Å². The van der Waals surface area contributed by atoms with Crippen LogP contribution >= 0.6 is 0 Å². The van der Waals surface area contributed by atoms with E-state index in [1.165, 1.54) is 5.56 Å². The van der Waals surface area contributed by atoms with Crippen molar-refractivity contribution in [1.29, 1.82) is 0 Å². The highest BCUT2D eigenvalue weighted by molar-refractivity contribution is 6.09. The molecule has 0 spiro atoms. The predicted octanol–water partition coefficient (Wildman–Crippen LogP) is 3.58. The van der Waals surface area contributed by atoms with Gasteiger partial charge in [0.05, 0.1) is 12.3 Å². The lowest BCUT2D eigenvalue weighted by Gasteiger charge is -2.25. The van der Waals surface area contributed by atoms with Crippen molar-refractivity contribution in [2.45, 2.75) is 19.4 Å². The first-order valence-electron chi connectivity index (χ1n) is 10.5. The third-order valence-corrected chi connectivity index (χ3v) is 5.83. The standard InChI is InChI=1S/C26H23N3O3/c1-16-2-4-17(5-3-16)14-22-26(32)29-15-23(18-6-10-20(30)11-7-18)27-24(25(29)28-22)19-8-12-21(31)13-9-19/h2-13,22,28,30-31H,14-15H2,1H3. The summed E-state index contributed by atoms with van der Waals surface area (Å²) in [6.45, 7) is 2.39. The van der Waals surface area contributed by atoms with Crippen molar-refractivity contribution >= 4 is 17.3 Å². The van der Waals surface area contributed by atoms with Crippen molar-refractivity contribution in [1.82, 2.24) is 10.2 Å². The van der Waals surface area contributed by atoms with E-state index >= 15 is 0 Å². The molecule has 5 rings (SSSR count). The van der Waals surface area contributed by atoms with Crippen molar-refractivity contribution < 1.29 is 15.0 Å². The van der Waals surface area contributed by atoms with Gasteiger partial charge >= 0.3 is 0 Å². The molecule has 6 heteroatoms. The molecule has 0 bridgehead atoms. The summed E-state index contributed by atoms with van der Waals surface area (Å²) in [4.78, 5) is 20.0. The van der Waals surface area contributed by atoms with Crippen molar-refractivity contribution in [3.63, 3.8) is 0 Å². The van der Waals surface area contributed by atoms with Crippen LogP contribution in [0.3, 0.4) is 0 Å². The first kappa shape index (κ1) is 19.9. The molecular weight excluding hydrogens is 402 g/mol. The summed E-state index contributed by atoms with van der Waals surface area (Å²) in [7, 11) is 0. The number of rotatable bonds is 4. The maximum Gasteiger partial charge on any atom is 0.251 e. The van der Waals surface area contributed by atoms with Gasteiger partial charge in [0.25, 0.3) is 5.91 Å². The summed E-state index contributed by atoms with van der Waals surface area (Å²) in [6, 6.07) is 21.4. The number of carbonyl (C=O) groups is 1. The fourth-order valence-electron chi connectivity index (χ4n) is 4.06. The van der Waals surface area contributed by atoms with Gasteiger partial charge in [-0.1, -0.05) is 29.8 Å². The largest absolute Gasteiger partial charge is 0.508 e. The highest BCUT2D eigenvalue weighted by Crippen LogP contribution is 2.32. The van der Waals surface area contributed by atoms with E-state index in [1.807, 2.05) is 6.92 Å². The molecule has 1 saturated heterocycles. The van der Waals surface area contributed by atoms with E-state index in [2.05, 4.69) is 29.6 Å². The van der Waals surface area contributed by atoms with Crippen molar-refractivity contribution in [3.05, 3.63) is 101 Å². The first-order valence-corrected chi connectivity index (χ1v) is 10.5. The summed E-state index contributed by atoms with van der Waals surface area (Å²) < 4.78 is 0. The normalized spacial score (nSPS) is 17.8. The minimum Gasteiger partial charge on any atom is -0.508 e. The number of phenols is 2. The average Bonchev–Trinajstić information content (AvgIpc) is 3.11. The quantitative estimate of drug-likeness (QED) is 0.597.